The molecule has 1 aliphatic heterocycles. The largest absolute Gasteiger partial charge is 0.377 e. The van der Waals surface area contributed by atoms with Gasteiger partial charge in [-0.2, -0.15) is 0 Å². The van der Waals surface area contributed by atoms with Crippen molar-refractivity contribution in [2.45, 2.75) is 32.8 Å². The Morgan fingerprint density at radius 1 is 1.57 bits per heavy atom. The second-order valence-electron chi connectivity index (χ2n) is 4.80. The van der Waals surface area contributed by atoms with Gasteiger partial charge in [0, 0.05) is 17.1 Å². The van der Waals surface area contributed by atoms with Gasteiger partial charge in [-0.3, -0.25) is 0 Å². The molecule has 1 unspecified atom stereocenters. The number of hydrogen-bond acceptors (Lipinski definition) is 1. The van der Waals surface area contributed by atoms with Crippen LogP contribution in [0.5, 0.6) is 0 Å². The molecular weight excluding hydrogens is 196 g/mol. The molecule has 0 aromatic rings. The third-order valence-electron chi connectivity index (χ3n) is 3.29. The molecule has 1 heterocycles. The van der Waals surface area contributed by atoms with Crippen LogP contribution in [0.1, 0.15) is 26.7 Å². The lowest BCUT2D eigenvalue weighted by atomic mass is 9.77. The summed E-state index contributed by atoms with van der Waals surface area (Å²) in [5.41, 5.74) is 0.156. The van der Waals surface area contributed by atoms with Crippen LogP contribution in [-0.2, 0) is 4.74 Å². The van der Waals surface area contributed by atoms with Crippen LogP contribution >= 0.6 is 11.6 Å². The van der Waals surface area contributed by atoms with Gasteiger partial charge < -0.3 is 4.74 Å². The van der Waals surface area contributed by atoms with Crippen LogP contribution in [0, 0.1) is 11.3 Å². The molecule has 1 saturated heterocycles. The summed E-state index contributed by atoms with van der Waals surface area (Å²) < 4.78 is 5.82. The molecule has 2 rings (SSSR count). The van der Waals surface area contributed by atoms with Gasteiger partial charge in [0.05, 0.1) is 6.10 Å². The van der Waals surface area contributed by atoms with Crippen molar-refractivity contribution in [3.05, 3.63) is 23.3 Å². The minimum Gasteiger partial charge on any atom is -0.377 e. The Morgan fingerprint density at radius 2 is 2.36 bits per heavy atom. The summed E-state index contributed by atoms with van der Waals surface area (Å²) in [6, 6.07) is 0. The number of halogens is 1. The van der Waals surface area contributed by atoms with Crippen molar-refractivity contribution in [3.8, 4) is 0 Å². The molecule has 0 saturated carbocycles. The van der Waals surface area contributed by atoms with Crippen molar-refractivity contribution >= 4 is 11.6 Å². The quantitative estimate of drug-likeness (QED) is 0.647. The highest BCUT2D eigenvalue weighted by Gasteiger charge is 2.37. The van der Waals surface area contributed by atoms with Gasteiger partial charge in [-0.05, 0) is 24.8 Å². The molecule has 0 radical (unpaired) electrons. The van der Waals surface area contributed by atoms with E-state index in [1.807, 2.05) is 6.08 Å². The molecule has 2 heteroatoms. The van der Waals surface area contributed by atoms with Crippen molar-refractivity contribution < 1.29 is 4.74 Å². The monoisotopic (exact) mass is 212 g/mol. The normalized spacial score (nSPS) is 42.6. The highest BCUT2D eigenvalue weighted by molar-refractivity contribution is 6.31. The molecule has 0 spiro atoms. The molecule has 3 atom stereocenters. The molecule has 14 heavy (non-hydrogen) atoms. The Morgan fingerprint density at radius 3 is 2.86 bits per heavy atom. The molecule has 1 fully saturated rings. The number of rotatable bonds is 1. The molecule has 0 bridgehead atoms. The van der Waals surface area contributed by atoms with E-state index in [2.05, 4.69) is 26.0 Å². The van der Waals surface area contributed by atoms with Crippen LogP contribution in [0.2, 0.25) is 0 Å². The Hall–Kier alpha value is -0.270. The molecular formula is C12H17ClO. The summed E-state index contributed by atoms with van der Waals surface area (Å²) in [5.74, 6) is 0.701. The van der Waals surface area contributed by atoms with Crippen LogP contribution in [0.3, 0.4) is 0 Å². The smallest absolute Gasteiger partial charge is 0.0669 e. The maximum atomic E-state index is 5.91. The molecule has 0 N–H and O–H groups in total. The van der Waals surface area contributed by atoms with Crippen LogP contribution in [-0.4, -0.2) is 12.7 Å². The fraction of sp³-hybridized carbons (Fsp3) is 0.667. The van der Waals surface area contributed by atoms with Gasteiger partial charge in [-0.1, -0.05) is 37.6 Å². The van der Waals surface area contributed by atoms with Crippen molar-refractivity contribution in [2.75, 3.05) is 6.61 Å². The fourth-order valence-electron chi connectivity index (χ4n) is 2.20. The average Bonchev–Trinajstić information content (AvgIpc) is 2.58. The molecule has 0 aromatic heterocycles. The van der Waals surface area contributed by atoms with E-state index in [4.69, 9.17) is 16.3 Å². The first-order valence-corrected chi connectivity index (χ1v) is 5.64. The predicted molar refractivity (Wildman–Crippen MR) is 59.3 cm³/mol. The summed E-state index contributed by atoms with van der Waals surface area (Å²) in [4.78, 5) is 0. The second-order valence-corrected chi connectivity index (χ2v) is 5.23. The van der Waals surface area contributed by atoms with E-state index in [1.54, 1.807) is 0 Å². The second kappa shape index (κ2) is 3.71. The minimum absolute atomic E-state index is 0.156. The molecule has 0 aromatic carbocycles. The summed E-state index contributed by atoms with van der Waals surface area (Å²) in [7, 11) is 0. The maximum absolute atomic E-state index is 5.91. The van der Waals surface area contributed by atoms with E-state index in [9.17, 15) is 0 Å². The van der Waals surface area contributed by atoms with Gasteiger partial charge in [0.15, 0.2) is 0 Å². The topological polar surface area (TPSA) is 9.23 Å². The fourth-order valence-corrected chi connectivity index (χ4v) is 2.34. The highest BCUT2D eigenvalue weighted by Crippen LogP contribution is 2.40. The Balaban J connectivity index is 2.07. The number of allylic oxidation sites excluding steroid dienone is 3. The lowest BCUT2D eigenvalue weighted by Gasteiger charge is -2.32. The average molecular weight is 213 g/mol. The van der Waals surface area contributed by atoms with E-state index in [1.165, 1.54) is 6.42 Å². The third-order valence-corrected chi connectivity index (χ3v) is 3.57. The summed E-state index contributed by atoms with van der Waals surface area (Å²) in [5, 5.41) is 0.855. The zero-order chi connectivity index (χ0) is 10.2. The first kappa shape index (κ1) is 10.3. The van der Waals surface area contributed by atoms with Crippen molar-refractivity contribution in [1.82, 2.24) is 0 Å². The first-order valence-electron chi connectivity index (χ1n) is 5.27. The number of ether oxygens (including phenoxy) is 1. The lowest BCUT2D eigenvalue weighted by Crippen LogP contribution is -2.30. The maximum Gasteiger partial charge on any atom is 0.0669 e. The lowest BCUT2D eigenvalue weighted by molar-refractivity contribution is 0.0341. The zero-order valence-corrected chi connectivity index (χ0v) is 9.55. The van der Waals surface area contributed by atoms with Gasteiger partial charge in [0.2, 0.25) is 0 Å². The van der Waals surface area contributed by atoms with Gasteiger partial charge in [0.1, 0.15) is 0 Å². The van der Waals surface area contributed by atoms with Crippen molar-refractivity contribution in [1.29, 1.82) is 0 Å². The van der Waals surface area contributed by atoms with Crippen LogP contribution in [0.15, 0.2) is 23.3 Å². The predicted octanol–water partition coefficient (Wildman–Crippen LogP) is 3.50. The molecule has 0 amide bonds. The third kappa shape index (κ3) is 1.89. The molecule has 78 valence electrons. The van der Waals surface area contributed by atoms with Gasteiger partial charge in [-0.25, -0.2) is 0 Å². The van der Waals surface area contributed by atoms with Gasteiger partial charge in [0.25, 0.3) is 0 Å². The number of hydrogen-bond donors (Lipinski definition) is 0. The van der Waals surface area contributed by atoms with E-state index in [0.717, 1.165) is 18.1 Å². The van der Waals surface area contributed by atoms with Crippen LogP contribution in [0.25, 0.3) is 0 Å². The minimum atomic E-state index is 0.156. The van der Waals surface area contributed by atoms with Gasteiger partial charge in [-0.15, -0.1) is 0 Å². The van der Waals surface area contributed by atoms with E-state index in [-0.39, 0.29) is 5.41 Å². The van der Waals surface area contributed by atoms with Crippen LogP contribution < -0.4 is 0 Å². The Bertz CT molecular complexity index is 282. The van der Waals surface area contributed by atoms with Crippen molar-refractivity contribution in [3.63, 3.8) is 0 Å². The van der Waals surface area contributed by atoms with E-state index >= 15 is 0 Å². The Kier molecular flexibility index (Phi) is 2.72. The van der Waals surface area contributed by atoms with Crippen molar-refractivity contribution in [2.24, 2.45) is 11.3 Å². The van der Waals surface area contributed by atoms with E-state index < -0.39 is 0 Å². The zero-order valence-electron chi connectivity index (χ0n) is 8.79. The molecule has 1 aliphatic carbocycles. The van der Waals surface area contributed by atoms with Crippen LogP contribution in [0.4, 0.5) is 0 Å². The summed E-state index contributed by atoms with van der Waals surface area (Å²) in [6.07, 6.45) is 8.84. The summed E-state index contributed by atoms with van der Waals surface area (Å²) in [6.45, 7) is 5.41. The summed E-state index contributed by atoms with van der Waals surface area (Å²) >= 11 is 5.91. The first-order chi connectivity index (χ1) is 6.60. The Labute approximate surface area is 90.8 Å². The SMILES string of the molecule is C[C@@H]1CO[C@@H](C2(C)C=CC(Cl)=CC2)C1. The van der Waals surface area contributed by atoms with Gasteiger partial charge >= 0.3 is 0 Å². The standard InChI is InChI=1S/C12H17ClO/c1-9-7-11(14-8-9)12(2)5-3-10(13)4-6-12/h3-5,9,11H,6-8H2,1-2H3/t9-,11+,12?/m0/s1. The van der Waals surface area contributed by atoms with E-state index in [0.29, 0.717) is 12.0 Å². The highest BCUT2D eigenvalue weighted by atomic mass is 35.5. The molecule has 1 nitrogen and oxygen atoms in total. The molecule has 2 aliphatic rings.